The molecule has 0 amide bonds. The van der Waals surface area contributed by atoms with E-state index in [-0.39, 0.29) is 0 Å². The number of hydrogen-bond donors (Lipinski definition) is 2. The molecule has 0 aliphatic carbocycles. The van der Waals surface area contributed by atoms with Gasteiger partial charge in [0.2, 0.25) is 5.95 Å². The summed E-state index contributed by atoms with van der Waals surface area (Å²) in [5.74, 6) is 1.44. The standard InChI is InChI=1S/C16H23N5/c1-4-13-5-7-14(8-6-13)19-16-18-10-9-15(20-16)17-11-12-21(2)3/h5-10H,4,11-12H2,1-3H3,(H2,17,18,19,20). The first-order chi connectivity index (χ1) is 10.2. The average molecular weight is 285 g/mol. The summed E-state index contributed by atoms with van der Waals surface area (Å²) in [7, 11) is 4.10. The van der Waals surface area contributed by atoms with Gasteiger partial charge in [-0.1, -0.05) is 19.1 Å². The van der Waals surface area contributed by atoms with Crippen LogP contribution in [0.15, 0.2) is 36.5 Å². The van der Waals surface area contributed by atoms with E-state index in [0.717, 1.165) is 31.0 Å². The van der Waals surface area contributed by atoms with Crippen molar-refractivity contribution in [1.29, 1.82) is 0 Å². The van der Waals surface area contributed by atoms with E-state index in [4.69, 9.17) is 0 Å². The fourth-order valence-electron chi connectivity index (χ4n) is 1.88. The van der Waals surface area contributed by atoms with Crippen LogP contribution in [0, 0.1) is 0 Å². The summed E-state index contributed by atoms with van der Waals surface area (Å²) in [6.45, 7) is 3.97. The quantitative estimate of drug-likeness (QED) is 0.819. The van der Waals surface area contributed by atoms with E-state index < -0.39 is 0 Å². The van der Waals surface area contributed by atoms with Gasteiger partial charge in [-0.2, -0.15) is 4.98 Å². The Labute approximate surface area is 126 Å². The molecule has 2 N–H and O–H groups in total. The van der Waals surface area contributed by atoms with Crippen LogP contribution in [-0.2, 0) is 6.42 Å². The molecule has 1 aromatic heterocycles. The molecule has 0 aliphatic heterocycles. The zero-order valence-electron chi connectivity index (χ0n) is 12.9. The Kier molecular flexibility index (Phi) is 5.51. The van der Waals surface area contributed by atoms with Crippen LogP contribution in [-0.4, -0.2) is 42.1 Å². The predicted octanol–water partition coefficient (Wildman–Crippen LogP) is 2.76. The van der Waals surface area contributed by atoms with Gasteiger partial charge in [-0.05, 0) is 44.3 Å². The summed E-state index contributed by atoms with van der Waals surface area (Å²) >= 11 is 0. The van der Waals surface area contributed by atoms with E-state index in [9.17, 15) is 0 Å². The van der Waals surface area contributed by atoms with Gasteiger partial charge >= 0.3 is 0 Å². The van der Waals surface area contributed by atoms with Crippen molar-refractivity contribution in [3.8, 4) is 0 Å². The molecule has 1 heterocycles. The van der Waals surface area contributed by atoms with Crippen molar-refractivity contribution in [2.75, 3.05) is 37.8 Å². The Morgan fingerprint density at radius 2 is 1.86 bits per heavy atom. The number of likely N-dealkylation sites (N-methyl/N-ethyl adjacent to an activating group) is 1. The van der Waals surface area contributed by atoms with Gasteiger partial charge < -0.3 is 15.5 Å². The lowest BCUT2D eigenvalue weighted by Crippen LogP contribution is -2.21. The molecule has 0 saturated carbocycles. The Bertz CT molecular complexity index is 551. The molecular formula is C16H23N5. The third-order valence-electron chi connectivity index (χ3n) is 3.14. The Hall–Kier alpha value is -2.14. The first kappa shape index (κ1) is 15.3. The second-order valence-corrected chi connectivity index (χ2v) is 5.17. The molecule has 1 aromatic carbocycles. The Balaban J connectivity index is 1.96. The lowest BCUT2D eigenvalue weighted by Gasteiger charge is -2.11. The molecule has 112 valence electrons. The Morgan fingerprint density at radius 3 is 2.52 bits per heavy atom. The highest BCUT2D eigenvalue weighted by molar-refractivity contribution is 5.55. The first-order valence-electron chi connectivity index (χ1n) is 7.25. The van der Waals surface area contributed by atoms with Crippen molar-refractivity contribution in [1.82, 2.24) is 14.9 Å². The van der Waals surface area contributed by atoms with Gasteiger partial charge in [0, 0.05) is 25.0 Å². The van der Waals surface area contributed by atoms with Gasteiger partial charge in [-0.25, -0.2) is 4.98 Å². The van der Waals surface area contributed by atoms with E-state index >= 15 is 0 Å². The van der Waals surface area contributed by atoms with Crippen LogP contribution in [0.4, 0.5) is 17.5 Å². The topological polar surface area (TPSA) is 53.1 Å². The summed E-state index contributed by atoms with van der Waals surface area (Å²) in [5, 5.41) is 6.51. The van der Waals surface area contributed by atoms with Crippen LogP contribution in [0.25, 0.3) is 0 Å². The SMILES string of the molecule is CCc1ccc(Nc2nccc(NCCN(C)C)n2)cc1. The van der Waals surface area contributed by atoms with Crippen LogP contribution in [0.2, 0.25) is 0 Å². The first-order valence-corrected chi connectivity index (χ1v) is 7.25. The minimum atomic E-state index is 0.606. The third kappa shape index (κ3) is 5.04. The van der Waals surface area contributed by atoms with Crippen LogP contribution in [0.1, 0.15) is 12.5 Å². The van der Waals surface area contributed by atoms with Crippen LogP contribution in [0.5, 0.6) is 0 Å². The molecule has 21 heavy (non-hydrogen) atoms. The van der Waals surface area contributed by atoms with Gasteiger partial charge in [-0.15, -0.1) is 0 Å². The number of anilines is 3. The lowest BCUT2D eigenvalue weighted by molar-refractivity contribution is 0.425. The summed E-state index contributed by atoms with van der Waals surface area (Å²) in [6, 6.07) is 10.2. The fourth-order valence-corrected chi connectivity index (χ4v) is 1.88. The van der Waals surface area contributed by atoms with Crippen molar-refractivity contribution in [3.05, 3.63) is 42.1 Å². The average Bonchev–Trinajstić information content (AvgIpc) is 2.48. The number of rotatable bonds is 7. The monoisotopic (exact) mass is 285 g/mol. The van der Waals surface area contributed by atoms with Crippen molar-refractivity contribution < 1.29 is 0 Å². The molecule has 2 aromatic rings. The number of nitrogens with one attached hydrogen (secondary N) is 2. The highest BCUT2D eigenvalue weighted by atomic mass is 15.1. The maximum Gasteiger partial charge on any atom is 0.229 e. The summed E-state index contributed by atoms with van der Waals surface area (Å²) in [6.07, 6.45) is 2.80. The molecule has 0 unspecified atom stereocenters. The fraction of sp³-hybridized carbons (Fsp3) is 0.375. The summed E-state index contributed by atoms with van der Waals surface area (Å²) in [5.41, 5.74) is 2.32. The van der Waals surface area contributed by atoms with Crippen molar-refractivity contribution in [2.24, 2.45) is 0 Å². The Morgan fingerprint density at radius 1 is 1.10 bits per heavy atom. The smallest absolute Gasteiger partial charge is 0.229 e. The second kappa shape index (κ2) is 7.59. The van der Waals surface area contributed by atoms with Crippen LogP contribution >= 0.6 is 0 Å². The molecule has 0 fully saturated rings. The van der Waals surface area contributed by atoms with Crippen LogP contribution < -0.4 is 10.6 Å². The highest BCUT2D eigenvalue weighted by Gasteiger charge is 2.00. The van der Waals surface area contributed by atoms with E-state index in [0.29, 0.717) is 5.95 Å². The maximum absolute atomic E-state index is 4.46. The third-order valence-corrected chi connectivity index (χ3v) is 3.14. The van der Waals surface area contributed by atoms with Crippen molar-refractivity contribution in [2.45, 2.75) is 13.3 Å². The van der Waals surface area contributed by atoms with Gasteiger partial charge in [0.1, 0.15) is 5.82 Å². The molecule has 5 nitrogen and oxygen atoms in total. The molecule has 0 bridgehead atoms. The molecule has 0 aliphatic rings. The molecule has 5 heteroatoms. The lowest BCUT2D eigenvalue weighted by atomic mass is 10.1. The van der Waals surface area contributed by atoms with Gasteiger partial charge in [-0.3, -0.25) is 0 Å². The highest BCUT2D eigenvalue weighted by Crippen LogP contribution is 2.15. The van der Waals surface area contributed by atoms with E-state index in [1.165, 1.54) is 5.56 Å². The van der Waals surface area contributed by atoms with E-state index in [1.54, 1.807) is 6.20 Å². The number of aryl methyl sites for hydroxylation is 1. The molecule has 0 spiro atoms. The predicted molar refractivity (Wildman–Crippen MR) is 88.2 cm³/mol. The molecule has 0 radical (unpaired) electrons. The normalized spacial score (nSPS) is 10.7. The van der Waals surface area contributed by atoms with Crippen LogP contribution in [0.3, 0.4) is 0 Å². The molecule has 0 saturated heterocycles. The number of nitrogens with zero attached hydrogens (tertiary/aromatic N) is 3. The number of aromatic nitrogens is 2. The van der Waals surface area contributed by atoms with Gasteiger partial charge in [0.15, 0.2) is 0 Å². The van der Waals surface area contributed by atoms with Gasteiger partial charge in [0.05, 0.1) is 0 Å². The minimum absolute atomic E-state index is 0.606. The van der Waals surface area contributed by atoms with Crippen molar-refractivity contribution >= 4 is 17.5 Å². The van der Waals surface area contributed by atoms with E-state index in [1.807, 2.05) is 18.2 Å². The zero-order valence-corrected chi connectivity index (χ0v) is 12.9. The number of hydrogen-bond acceptors (Lipinski definition) is 5. The molecular weight excluding hydrogens is 262 g/mol. The van der Waals surface area contributed by atoms with Gasteiger partial charge in [0.25, 0.3) is 0 Å². The minimum Gasteiger partial charge on any atom is -0.369 e. The number of benzene rings is 1. The molecule has 2 rings (SSSR count). The summed E-state index contributed by atoms with van der Waals surface area (Å²) < 4.78 is 0. The zero-order chi connectivity index (χ0) is 15.1. The molecule has 0 atom stereocenters. The second-order valence-electron chi connectivity index (χ2n) is 5.17. The summed E-state index contributed by atoms with van der Waals surface area (Å²) in [4.78, 5) is 10.8. The largest absolute Gasteiger partial charge is 0.369 e. The van der Waals surface area contributed by atoms with E-state index in [2.05, 4.69) is 58.7 Å². The maximum atomic E-state index is 4.46. The van der Waals surface area contributed by atoms with Crippen molar-refractivity contribution in [3.63, 3.8) is 0 Å².